The number of ether oxygens (including phenoxy) is 1. The third-order valence-electron chi connectivity index (χ3n) is 5.88. The fourth-order valence-electron chi connectivity index (χ4n) is 3.84. The summed E-state index contributed by atoms with van der Waals surface area (Å²) in [7, 11) is -3.64. The summed E-state index contributed by atoms with van der Waals surface area (Å²) in [6.07, 6.45) is 0. The number of hydrogen-bond acceptors (Lipinski definition) is 4. The van der Waals surface area contributed by atoms with E-state index in [9.17, 15) is 8.42 Å². The molecule has 6 heteroatoms. The molecule has 2 aromatic carbocycles. The van der Waals surface area contributed by atoms with E-state index >= 15 is 0 Å². The molecule has 2 aromatic rings. The number of hydrogen-bond donors (Lipinski definition) is 0. The Morgan fingerprint density at radius 1 is 1.00 bits per heavy atom. The first-order chi connectivity index (χ1) is 14.1. The summed E-state index contributed by atoms with van der Waals surface area (Å²) in [5.74, 6) is 0.433. The molecule has 1 aliphatic heterocycles. The number of aryl methyl sites for hydroxylation is 1. The molecule has 0 atom stereocenters. The highest BCUT2D eigenvalue weighted by atomic mass is 32.2. The van der Waals surface area contributed by atoms with E-state index in [1.54, 1.807) is 16.4 Å². The van der Waals surface area contributed by atoms with Crippen molar-refractivity contribution in [3.05, 3.63) is 53.1 Å². The number of rotatable bonds is 5. The van der Waals surface area contributed by atoms with Gasteiger partial charge in [0.15, 0.2) is 0 Å². The lowest BCUT2D eigenvalue weighted by atomic mass is 9.87. The number of benzene rings is 2. The number of sulfonamides is 1. The van der Waals surface area contributed by atoms with E-state index in [0.717, 1.165) is 5.56 Å². The average molecular weight is 431 g/mol. The Morgan fingerprint density at radius 2 is 1.67 bits per heavy atom. The van der Waals surface area contributed by atoms with Gasteiger partial charge in [-0.05, 0) is 61.1 Å². The van der Waals surface area contributed by atoms with E-state index in [4.69, 9.17) is 4.74 Å². The van der Waals surface area contributed by atoms with Crippen molar-refractivity contribution in [2.45, 2.75) is 51.9 Å². The topological polar surface area (TPSA) is 49.9 Å². The van der Waals surface area contributed by atoms with Gasteiger partial charge in [0.25, 0.3) is 0 Å². The Bertz CT molecular complexity index is 1000. The van der Waals surface area contributed by atoms with Gasteiger partial charge in [0, 0.05) is 31.9 Å². The molecule has 0 spiro atoms. The van der Waals surface area contributed by atoms with Crippen molar-refractivity contribution in [3.63, 3.8) is 0 Å². The Kier molecular flexibility index (Phi) is 6.48. The molecule has 30 heavy (non-hydrogen) atoms. The van der Waals surface area contributed by atoms with E-state index in [-0.39, 0.29) is 10.3 Å². The van der Waals surface area contributed by atoms with Crippen LogP contribution in [0, 0.1) is 13.8 Å². The van der Waals surface area contributed by atoms with Gasteiger partial charge in [-0.15, -0.1) is 0 Å². The molecule has 3 rings (SSSR count). The molecule has 0 unspecified atom stereocenters. The molecule has 0 amide bonds. The predicted octanol–water partition coefficient (Wildman–Crippen LogP) is 4.51. The Balaban J connectivity index is 1.87. The highest BCUT2D eigenvalue weighted by Gasteiger charge is 2.32. The molecule has 164 valence electrons. The van der Waals surface area contributed by atoms with Crippen LogP contribution in [0.1, 0.15) is 44.4 Å². The van der Waals surface area contributed by atoms with Crippen molar-refractivity contribution < 1.29 is 13.2 Å². The second-order valence-electron chi connectivity index (χ2n) is 8.95. The van der Waals surface area contributed by atoms with E-state index in [0.29, 0.717) is 38.5 Å². The molecular formula is C24H34N2O3S. The van der Waals surface area contributed by atoms with E-state index in [1.165, 1.54) is 16.8 Å². The highest BCUT2D eigenvalue weighted by Crippen LogP contribution is 2.33. The minimum atomic E-state index is -3.64. The molecule has 1 fully saturated rings. The van der Waals surface area contributed by atoms with Crippen LogP contribution in [0.3, 0.4) is 0 Å². The smallest absolute Gasteiger partial charge is 0.246 e. The lowest BCUT2D eigenvalue weighted by Crippen LogP contribution is -2.49. The Labute approximate surface area is 181 Å². The van der Waals surface area contributed by atoms with Crippen LogP contribution in [0.4, 0.5) is 5.69 Å². The van der Waals surface area contributed by atoms with Crippen LogP contribution < -0.4 is 9.64 Å². The summed E-state index contributed by atoms with van der Waals surface area (Å²) in [4.78, 5) is 2.56. The summed E-state index contributed by atoms with van der Waals surface area (Å²) in [5, 5.41) is 0. The molecule has 5 nitrogen and oxygen atoms in total. The van der Waals surface area contributed by atoms with Gasteiger partial charge in [0.2, 0.25) is 10.0 Å². The van der Waals surface area contributed by atoms with Gasteiger partial charge in [-0.3, -0.25) is 0 Å². The lowest BCUT2D eigenvalue weighted by molar-refractivity contribution is 0.327. The monoisotopic (exact) mass is 430 g/mol. The van der Waals surface area contributed by atoms with Crippen molar-refractivity contribution >= 4 is 15.7 Å². The highest BCUT2D eigenvalue weighted by molar-refractivity contribution is 7.89. The third kappa shape index (κ3) is 4.49. The second-order valence-corrected chi connectivity index (χ2v) is 10.9. The van der Waals surface area contributed by atoms with E-state index < -0.39 is 10.0 Å². The van der Waals surface area contributed by atoms with Gasteiger partial charge >= 0.3 is 0 Å². The first-order valence-corrected chi connectivity index (χ1v) is 12.1. The molecule has 0 bridgehead atoms. The summed E-state index contributed by atoms with van der Waals surface area (Å²) in [5.41, 5.74) is 4.54. The fourth-order valence-corrected chi connectivity index (χ4v) is 5.42. The summed E-state index contributed by atoms with van der Waals surface area (Å²) in [6.45, 7) is 15.1. The summed E-state index contributed by atoms with van der Waals surface area (Å²) in [6, 6.07) is 11.8. The molecule has 0 aromatic heterocycles. The maximum absolute atomic E-state index is 13.6. The zero-order valence-corrected chi connectivity index (χ0v) is 19.8. The molecule has 0 aliphatic carbocycles. The quantitative estimate of drug-likeness (QED) is 0.700. The Hall–Kier alpha value is -2.05. The van der Waals surface area contributed by atoms with Gasteiger partial charge in [-0.1, -0.05) is 39.0 Å². The summed E-state index contributed by atoms with van der Waals surface area (Å²) >= 11 is 0. The van der Waals surface area contributed by atoms with Gasteiger partial charge in [0.05, 0.1) is 6.61 Å². The van der Waals surface area contributed by atoms with Crippen LogP contribution in [-0.4, -0.2) is 45.5 Å². The van der Waals surface area contributed by atoms with Crippen molar-refractivity contribution in [3.8, 4) is 5.75 Å². The van der Waals surface area contributed by atoms with E-state index in [1.807, 2.05) is 13.0 Å². The minimum absolute atomic E-state index is 0.142. The molecule has 1 saturated heterocycles. The van der Waals surface area contributed by atoms with Crippen molar-refractivity contribution in [2.75, 3.05) is 37.7 Å². The van der Waals surface area contributed by atoms with Gasteiger partial charge in [0.1, 0.15) is 10.6 Å². The Morgan fingerprint density at radius 3 is 2.27 bits per heavy atom. The first-order valence-electron chi connectivity index (χ1n) is 10.6. The van der Waals surface area contributed by atoms with Gasteiger partial charge < -0.3 is 9.64 Å². The fraction of sp³-hybridized carbons (Fsp3) is 0.500. The van der Waals surface area contributed by atoms with Gasteiger partial charge in [-0.2, -0.15) is 4.31 Å². The number of anilines is 1. The van der Waals surface area contributed by atoms with Crippen LogP contribution in [0.15, 0.2) is 41.3 Å². The number of piperazine rings is 1. The van der Waals surface area contributed by atoms with Crippen molar-refractivity contribution in [1.29, 1.82) is 0 Å². The molecular weight excluding hydrogens is 396 g/mol. The summed E-state index contributed by atoms with van der Waals surface area (Å²) < 4.78 is 34.4. The van der Waals surface area contributed by atoms with Crippen LogP contribution in [0.25, 0.3) is 0 Å². The maximum Gasteiger partial charge on any atom is 0.246 e. The molecule has 0 radical (unpaired) electrons. The molecule has 1 heterocycles. The first kappa shape index (κ1) is 22.6. The van der Waals surface area contributed by atoms with E-state index in [2.05, 4.69) is 57.7 Å². The lowest BCUT2D eigenvalue weighted by Gasteiger charge is -2.36. The molecule has 0 saturated carbocycles. The normalized spacial score (nSPS) is 16.0. The molecule has 1 aliphatic rings. The third-order valence-corrected chi connectivity index (χ3v) is 7.80. The van der Waals surface area contributed by atoms with Crippen LogP contribution in [0.2, 0.25) is 0 Å². The maximum atomic E-state index is 13.6. The predicted molar refractivity (Wildman–Crippen MR) is 123 cm³/mol. The van der Waals surface area contributed by atoms with Crippen LogP contribution in [0.5, 0.6) is 5.75 Å². The van der Waals surface area contributed by atoms with Crippen molar-refractivity contribution in [2.24, 2.45) is 0 Å². The standard InChI is InChI=1S/C24H34N2O3S/c1-7-29-22-12-11-20(24(4,5)6)17-23(22)30(27,28)26-15-13-25(14-16-26)21-10-8-9-18(2)19(21)3/h8-12,17H,7,13-16H2,1-6H3. The van der Waals surface area contributed by atoms with Crippen LogP contribution >= 0.6 is 0 Å². The second kappa shape index (κ2) is 8.60. The SMILES string of the molecule is CCOc1ccc(C(C)(C)C)cc1S(=O)(=O)N1CCN(c2cccc(C)c2C)CC1. The minimum Gasteiger partial charge on any atom is -0.492 e. The number of nitrogens with zero attached hydrogens (tertiary/aromatic N) is 2. The molecule has 0 N–H and O–H groups in total. The van der Waals surface area contributed by atoms with Crippen molar-refractivity contribution in [1.82, 2.24) is 4.31 Å². The van der Waals surface area contributed by atoms with Crippen LogP contribution in [-0.2, 0) is 15.4 Å². The average Bonchev–Trinajstić information content (AvgIpc) is 2.70. The zero-order chi connectivity index (χ0) is 22.1. The zero-order valence-electron chi connectivity index (χ0n) is 19.0. The largest absolute Gasteiger partial charge is 0.492 e. The van der Waals surface area contributed by atoms with Gasteiger partial charge in [-0.25, -0.2) is 8.42 Å².